The Balaban J connectivity index is -0.0000000597. The predicted octanol–water partition coefficient (Wildman–Crippen LogP) is 3.50. The SMILES string of the molecule is CCCCCCC.CCCCO.CCO.CCOC(C)=O.O. The van der Waals surface area contributed by atoms with E-state index in [1.807, 2.05) is 0 Å². The Morgan fingerprint density at radius 3 is 1.27 bits per heavy atom. The third-order valence-corrected chi connectivity index (χ3v) is 2.07. The number of aliphatic hydroxyl groups excluding tert-OH is 2. The second kappa shape index (κ2) is 42.8. The quantitative estimate of drug-likeness (QED) is 0.552. The maximum atomic E-state index is 9.82. The fraction of sp³-hybridized carbons (Fsp3) is 0.941. The molecular weight excluding hydrogens is 284 g/mol. The van der Waals surface area contributed by atoms with Gasteiger partial charge < -0.3 is 20.4 Å². The summed E-state index contributed by atoms with van der Waals surface area (Å²) in [4.78, 5) is 9.82. The Labute approximate surface area is 138 Å². The van der Waals surface area contributed by atoms with E-state index >= 15 is 0 Å². The maximum Gasteiger partial charge on any atom is 0.302 e. The lowest BCUT2D eigenvalue weighted by Gasteiger charge is -1.90. The molecule has 0 bridgehead atoms. The summed E-state index contributed by atoms with van der Waals surface area (Å²) in [5, 5.41) is 15.6. The van der Waals surface area contributed by atoms with Crippen molar-refractivity contribution in [1.82, 2.24) is 0 Å². The molecule has 4 N–H and O–H groups in total. The highest BCUT2D eigenvalue weighted by Gasteiger charge is 1.81. The van der Waals surface area contributed by atoms with Crippen LogP contribution in [-0.4, -0.2) is 41.5 Å². The summed E-state index contributed by atoms with van der Waals surface area (Å²) in [6.07, 6.45) is 9.05. The van der Waals surface area contributed by atoms with E-state index in [1.54, 1.807) is 13.8 Å². The molecule has 0 saturated carbocycles. The van der Waals surface area contributed by atoms with E-state index in [0.29, 0.717) is 13.2 Å². The highest BCUT2D eigenvalue weighted by atomic mass is 16.5. The summed E-state index contributed by atoms with van der Waals surface area (Å²) in [5.74, 6) is -0.211. The van der Waals surface area contributed by atoms with E-state index in [2.05, 4.69) is 25.5 Å². The van der Waals surface area contributed by atoms with Crippen LogP contribution in [0.4, 0.5) is 0 Å². The van der Waals surface area contributed by atoms with E-state index in [4.69, 9.17) is 10.2 Å². The third kappa shape index (κ3) is 93.5. The van der Waals surface area contributed by atoms with Crippen LogP contribution in [0.15, 0.2) is 0 Å². The fourth-order valence-electron chi connectivity index (χ4n) is 1.04. The topological polar surface area (TPSA) is 98.3 Å². The molecule has 0 aromatic carbocycles. The number of aliphatic hydroxyl groups is 2. The first-order chi connectivity index (χ1) is 10.0. The Hall–Kier alpha value is -0.650. The van der Waals surface area contributed by atoms with Gasteiger partial charge in [-0.15, -0.1) is 0 Å². The molecule has 0 aliphatic rings. The number of esters is 1. The molecule has 0 spiro atoms. The van der Waals surface area contributed by atoms with E-state index in [-0.39, 0.29) is 18.1 Å². The molecule has 0 aromatic heterocycles. The van der Waals surface area contributed by atoms with Crippen LogP contribution in [-0.2, 0) is 9.53 Å². The lowest BCUT2D eigenvalue weighted by Crippen LogP contribution is -1.95. The average molecular weight is 327 g/mol. The Morgan fingerprint density at radius 2 is 1.18 bits per heavy atom. The minimum atomic E-state index is -0.211. The van der Waals surface area contributed by atoms with Gasteiger partial charge in [-0.2, -0.15) is 0 Å². The number of rotatable bonds is 7. The minimum absolute atomic E-state index is 0. The first-order valence-electron chi connectivity index (χ1n) is 8.36. The molecule has 5 heteroatoms. The number of hydrogen-bond donors (Lipinski definition) is 2. The molecular formula is C17H42O5. The van der Waals surface area contributed by atoms with Crippen LogP contribution in [0, 0.1) is 0 Å². The van der Waals surface area contributed by atoms with Crippen molar-refractivity contribution in [2.45, 2.75) is 86.5 Å². The van der Waals surface area contributed by atoms with Gasteiger partial charge in [0, 0.05) is 20.1 Å². The molecule has 0 unspecified atom stereocenters. The molecule has 0 radical (unpaired) electrons. The number of hydrogen-bond acceptors (Lipinski definition) is 4. The largest absolute Gasteiger partial charge is 0.466 e. The highest BCUT2D eigenvalue weighted by molar-refractivity contribution is 5.65. The van der Waals surface area contributed by atoms with Crippen LogP contribution < -0.4 is 0 Å². The van der Waals surface area contributed by atoms with E-state index < -0.39 is 0 Å². The Morgan fingerprint density at radius 1 is 0.818 bits per heavy atom. The highest BCUT2D eigenvalue weighted by Crippen LogP contribution is 2.00. The summed E-state index contributed by atoms with van der Waals surface area (Å²) in [6, 6.07) is 0. The van der Waals surface area contributed by atoms with Gasteiger partial charge in [0.25, 0.3) is 0 Å². The molecule has 140 valence electrons. The molecule has 0 aliphatic heterocycles. The van der Waals surface area contributed by atoms with Crippen molar-refractivity contribution in [3.63, 3.8) is 0 Å². The van der Waals surface area contributed by atoms with Gasteiger partial charge in [0.1, 0.15) is 0 Å². The second-order valence-electron chi connectivity index (χ2n) is 4.38. The minimum Gasteiger partial charge on any atom is -0.466 e. The average Bonchev–Trinajstić information content (AvgIpc) is 2.42. The van der Waals surface area contributed by atoms with Crippen LogP contribution in [0.1, 0.15) is 86.5 Å². The van der Waals surface area contributed by atoms with Crippen molar-refractivity contribution < 1.29 is 25.2 Å². The summed E-state index contributed by atoms with van der Waals surface area (Å²) >= 11 is 0. The van der Waals surface area contributed by atoms with Gasteiger partial charge in [-0.05, 0) is 20.3 Å². The van der Waals surface area contributed by atoms with Crippen LogP contribution in [0.5, 0.6) is 0 Å². The van der Waals surface area contributed by atoms with E-state index in [0.717, 1.165) is 12.8 Å². The Bertz CT molecular complexity index is 146. The fourth-order valence-corrected chi connectivity index (χ4v) is 1.04. The standard InChI is InChI=1S/C7H16.C4H8O2.C4H10O.C2H6O.H2O/c1-3-5-7-6-4-2;1-3-6-4(2)5;1-2-3-4-5;1-2-3;/h3-7H2,1-2H3;3H2,1-2H3;5H,2-4H2,1H3;3H,2H2,1H3;1H2. The zero-order valence-electron chi connectivity index (χ0n) is 15.8. The molecule has 0 atom stereocenters. The van der Waals surface area contributed by atoms with Crippen LogP contribution in [0.3, 0.4) is 0 Å². The summed E-state index contributed by atoms with van der Waals surface area (Å²) in [6.45, 7) is 12.5. The zero-order valence-corrected chi connectivity index (χ0v) is 15.8. The molecule has 0 rings (SSSR count). The predicted molar refractivity (Wildman–Crippen MR) is 95.1 cm³/mol. The van der Waals surface area contributed by atoms with Gasteiger partial charge in [0.2, 0.25) is 0 Å². The monoisotopic (exact) mass is 326 g/mol. The molecule has 22 heavy (non-hydrogen) atoms. The van der Waals surface area contributed by atoms with Gasteiger partial charge in [-0.25, -0.2) is 0 Å². The van der Waals surface area contributed by atoms with Crippen LogP contribution in [0.2, 0.25) is 0 Å². The van der Waals surface area contributed by atoms with Crippen molar-refractivity contribution in [3.05, 3.63) is 0 Å². The summed E-state index contributed by atoms with van der Waals surface area (Å²) in [7, 11) is 0. The van der Waals surface area contributed by atoms with Crippen molar-refractivity contribution in [2.24, 2.45) is 0 Å². The number of carbonyl (C=O) groups excluding carboxylic acids is 1. The first kappa shape index (κ1) is 33.1. The third-order valence-electron chi connectivity index (χ3n) is 2.07. The Kier molecular flexibility index (Phi) is 64.3. The van der Waals surface area contributed by atoms with Crippen molar-refractivity contribution in [3.8, 4) is 0 Å². The molecule has 0 amide bonds. The van der Waals surface area contributed by atoms with Gasteiger partial charge >= 0.3 is 5.97 Å². The molecule has 5 nitrogen and oxygen atoms in total. The zero-order chi connectivity index (χ0) is 17.4. The van der Waals surface area contributed by atoms with E-state index in [1.165, 1.54) is 39.0 Å². The molecule has 0 saturated heterocycles. The van der Waals surface area contributed by atoms with Gasteiger partial charge in [-0.1, -0.05) is 59.3 Å². The van der Waals surface area contributed by atoms with Crippen molar-refractivity contribution >= 4 is 5.97 Å². The lowest BCUT2D eigenvalue weighted by atomic mass is 10.2. The molecule has 0 fully saturated rings. The van der Waals surface area contributed by atoms with Gasteiger partial charge in [-0.3, -0.25) is 4.79 Å². The first-order valence-corrected chi connectivity index (χ1v) is 8.36. The maximum absolute atomic E-state index is 9.82. The normalized spacial score (nSPS) is 7.82. The van der Waals surface area contributed by atoms with Crippen molar-refractivity contribution in [2.75, 3.05) is 19.8 Å². The molecule has 0 heterocycles. The second-order valence-corrected chi connectivity index (χ2v) is 4.38. The van der Waals surface area contributed by atoms with Gasteiger partial charge in [0.15, 0.2) is 0 Å². The number of ether oxygens (including phenoxy) is 1. The van der Waals surface area contributed by atoms with Crippen LogP contribution >= 0.6 is 0 Å². The number of unbranched alkanes of at least 4 members (excludes halogenated alkanes) is 5. The van der Waals surface area contributed by atoms with Crippen LogP contribution in [0.25, 0.3) is 0 Å². The smallest absolute Gasteiger partial charge is 0.302 e. The van der Waals surface area contributed by atoms with Gasteiger partial charge in [0.05, 0.1) is 6.61 Å². The summed E-state index contributed by atoms with van der Waals surface area (Å²) in [5.41, 5.74) is 0. The lowest BCUT2D eigenvalue weighted by molar-refractivity contribution is -0.140. The molecule has 0 aromatic rings. The molecule has 0 aliphatic carbocycles. The van der Waals surface area contributed by atoms with E-state index in [9.17, 15) is 4.79 Å². The summed E-state index contributed by atoms with van der Waals surface area (Å²) < 4.78 is 4.40. The van der Waals surface area contributed by atoms with Crippen molar-refractivity contribution in [1.29, 1.82) is 0 Å². The number of carbonyl (C=O) groups is 1.